The third kappa shape index (κ3) is 3.57. The van der Waals surface area contributed by atoms with Crippen LogP contribution in [0.25, 0.3) is 0 Å². The van der Waals surface area contributed by atoms with Gasteiger partial charge in [-0.2, -0.15) is 0 Å². The van der Waals surface area contributed by atoms with Crippen molar-refractivity contribution >= 4 is 11.9 Å². The molecule has 0 unspecified atom stereocenters. The average molecular weight is 281 g/mol. The highest BCUT2D eigenvalue weighted by atomic mass is 16.6. The van der Waals surface area contributed by atoms with Crippen LogP contribution in [-0.2, 0) is 9.47 Å². The first-order valence-corrected chi connectivity index (χ1v) is 6.38. The van der Waals surface area contributed by atoms with Gasteiger partial charge in [0.25, 0.3) is 0 Å². The molecule has 0 bridgehead atoms. The quantitative estimate of drug-likeness (QED) is 0.911. The molecule has 0 radical (unpaired) electrons. The van der Waals surface area contributed by atoms with Crippen LogP contribution in [0.15, 0.2) is 6.07 Å². The monoisotopic (exact) mass is 281 g/mol. The van der Waals surface area contributed by atoms with Gasteiger partial charge in [-0.05, 0) is 20.8 Å². The Labute approximate surface area is 117 Å². The molecule has 2 rings (SSSR count). The Hall–Kier alpha value is -1.89. The third-order valence-electron chi connectivity index (χ3n) is 2.66. The van der Waals surface area contributed by atoms with E-state index in [2.05, 4.69) is 15.5 Å². The van der Waals surface area contributed by atoms with E-state index < -0.39 is 11.7 Å². The van der Waals surface area contributed by atoms with E-state index in [0.29, 0.717) is 24.8 Å². The first kappa shape index (κ1) is 14.5. The van der Waals surface area contributed by atoms with E-state index >= 15 is 0 Å². The number of hydrogen-bond donors (Lipinski definition) is 1. The molecule has 1 fully saturated rings. The molecule has 0 spiro atoms. The van der Waals surface area contributed by atoms with E-state index in [1.807, 2.05) is 0 Å². The molecule has 1 aliphatic rings. The lowest BCUT2D eigenvalue weighted by Crippen LogP contribution is -2.28. The Bertz CT molecular complexity index is 495. The van der Waals surface area contributed by atoms with Gasteiger partial charge in [-0.3, -0.25) is 5.32 Å². The number of aromatic nitrogens is 2. The Morgan fingerprint density at radius 3 is 2.60 bits per heavy atom. The molecule has 0 atom stereocenters. The summed E-state index contributed by atoms with van der Waals surface area (Å²) in [7, 11) is 1.55. The number of anilines is 1. The van der Waals surface area contributed by atoms with Gasteiger partial charge in [0.15, 0.2) is 5.82 Å². The second-order valence-corrected chi connectivity index (χ2v) is 5.54. The minimum absolute atomic E-state index is 0.202. The summed E-state index contributed by atoms with van der Waals surface area (Å²) in [5.41, 5.74) is 0.179. The first-order chi connectivity index (χ1) is 9.39. The lowest BCUT2D eigenvalue weighted by atomic mass is 10.0. The molecule has 0 aromatic carbocycles. The summed E-state index contributed by atoms with van der Waals surface area (Å²) >= 11 is 0. The Morgan fingerprint density at radius 2 is 2.10 bits per heavy atom. The van der Waals surface area contributed by atoms with Crippen LogP contribution in [0.3, 0.4) is 0 Å². The number of hydrogen-bond acceptors (Lipinski definition) is 6. The molecule has 1 N–H and O–H groups in total. The average Bonchev–Trinajstić information content (AvgIpc) is 2.26. The normalized spacial score (nSPS) is 15.4. The van der Waals surface area contributed by atoms with Crippen LogP contribution in [0.5, 0.6) is 5.75 Å². The van der Waals surface area contributed by atoms with Crippen LogP contribution in [0, 0.1) is 0 Å². The fraction of sp³-hybridized carbons (Fsp3) is 0.615. The van der Waals surface area contributed by atoms with Crippen molar-refractivity contribution in [3.05, 3.63) is 11.8 Å². The van der Waals surface area contributed by atoms with E-state index in [-0.39, 0.29) is 5.92 Å². The predicted molar refractivity (Wildman–Crippen MR) is 72.0 cm³/mol. The van der Waals surface area contributed by atoms with Crippen LogP contribution in [-0.4, -0.2) is 42.2 Å². The Balaban J connectivity index is 2.07. The highest BCUT2D eigenvalue weighted by Crippen LogP contribution is 2.30. The van der Waals surface area contributed by atoms with Crippen molar-refractivity contribution in [2.75, 3.05) is 25.6 Å². The van der Waals surface area contributed by atoms with E-state index in [1.54, 1.807) is 33.9 Å². The van der Waals surface area contributed by atoms with Crippen LogP contribution in [0.1, 0.15) is 32.4 Å². The summed E-state index contributed by atoms with van der Waals surface area (Å²) in [6.45, 7) is 6.60. The minimum Gasteiger partial charge on any atom is -0.495 e. The molecule has 7 heteroatoms. The molecular weight excluding hydrogens is 262 g/mol. The fourth-order valence-electron chi connectivity index (χ4n) is 1.69. The van der Waals surface area contributed by atoms with Crippen molar-refractivity contribution in [2.45, 2.75) is 32.3 Å². The molecule has 20 heavy (non-hydrogen) atoms. The van der Waals surface area contributed by atoms with E-state index in [4.69, 9.17) is 14.2 Å². The molecule has 1 amide bonds. The van der Waals surface area contributed by atoms with Gasteiger partial charge in [0, 0.05) is 6.07 Å². The number of rotatable bonds is 3. The number of nitrogens with zero attached hydrogens (tertiary/aromatic N) is 2. The van der Waals surface area contributed by atoms with Crippen molar-refractivity contribution < 1.29 is 19.0 Å². The van der Waals surface area contributed by atoms with Gasteiger partial charge in [0.2, 0.25) is 0 Å². The number of methoxy groups -OCH3 is 1. The van der Waals surface area contributed by atoms with Gasteiger partial charge in [0.1, 0.15) is 17.0 Å². The molecule has 1 aromatic rings. The molecule has 110 valence electrons. The zero-order valence-corrected chi connectivity index (χ0v) is 12.1. The van der Waals surface area contributed by atoms with Crippen molar-refractivity contribution in [1.82, 2.24) is 10.2 Å². The summed E-state index contributed by atoms with van der Waals surface area (Å²) in [6, 6.07) is 1.63. The van der Waals surface area contributed by atoms with Crippen molar-refractivity contribution in [3.63, 3.8) is 0 Å². The van der Waals surface area contributed by atoms with Gasteiger partial charge < -0.3 is 14.2 Å². The van der Waals surface area contributed by atoms with Gasteiger partial charge in [-0.25, -0.2) is 4.79 Å². The van der Waals surface area contributed by atoms with Gasteiger partial charge >= 0.3 is 6.09 Å². The zero-order valence-electron chi connectivity index (χ0n) is 12.1. The van der Waals surface area contributed by atoms with Crippen molar-refractivity contribution in [1.29, 1.82) is 0 Å². The highest BCUT2D eigenvalue weighted by Gasteiger charge is 2.26. The number of ether oxygens (including phenoxy) is 3. The van der Waals surface area contributed by atoms with E-state index in [0.717, 1.165) is 5.69 Å². The summed E-state index contributed by atoms with van der Waals surface area (Å²) in [6.07, 6.45) is -0.575. The topological polar surface area (TPSA) is 82.6 Å². The largest absolute Gasteiger partial charge is 0.495 e. The molecular formula is C13H19N3O4. The molecule has 0 saturated carbocycles. The summed E-state index contributed by atoms with van der Waals surface area (Å²) < 4.78 is 15.5. The summed E-state index contributed by atoms with van der Waals surface area (Å²) in [5.74, 6) is 1.08. The minimum atomic E-state index is -0.575. The second kappa shape index (κ2) is 5.62. The maximum Gasteiger partial charge on any atom is 0.413 e. The highest BCUT2D eigenvalue weighted by molar-refractivity contribution is 5.83. The summed E-state index contributed by atoms with van der Waals surface area (Å²) in [5, 5.41) is 10.6. The lowest BCUT2D eigenvalue weighted by molar-refractivity contribution is 0.00538. The molecule has 7 nitrogen and oxygen atoms in total. The Morgan fingerprint density at radius 1 is 1.40 bits per heavy atom. The van der Waals surface area contributed by atoms with Gasteiger partial charge in [-0.15, -0.1) is 10.2 Å². The molecule has 0 aliphatic carbocycles. The number of amides is 1. The van der Waals surface area contributed by atoms with E-state index in [9.17, 15) is 4.79 Å². The molecule has 1 aliphatic heterocycles. The fourth-order valence-corrected chi connectivity index (χ4v) is 1.69. The maximum atomic E-state index is 11.7. The number of carbonyl (C=O) groups excluding carboxylic acids is 1. The number of nitrogens with one attached hydrogen (secondary N) is 1. The molecule has 2 heterocycles. The number of carbonyl (C=O) groups is 1. The van der Waals surface area contributed by atoms with Crippen molar-refractivity contribution in [2.24, 2.45) is 0 Å². The van der Waals surface area contributed by atoms with Crippen LogP contribution < -0.4 is 10.1 Å². The predicted octanol–water partition coefficient (Wildman–Crippen LogP) is 1.95. The first-order valence-electron chi connectivity index (χ1n) is 6.38. The second-order valence-electron chi connectivity index (χ2n) is 5.54. The van der Waals surface area contributed by atoms with Crippen LogP contribution >= 0.6 is 0 Å². The smallest absolute Gasteiger partial charge is 0.413 e. The zero-order chi connectivity index (χ0) is 14.8. The molecule has 1 saturated heterocycles. The van der Waals surface area contributed by atoms with Gasteiger partial charge in [-0.1, -0.05) is 0 Å². The standard InChI is InChI=1S/C13H19N3O4/c1-13(2,3)20-12(17)14-10-5-9(18-4)11(16-15-10)8-6-19-7-8/h5,8H,6-7H2,1-4H3,(H,14,15,17). The molecule has 1 aromatic heterocycles. The van der Waals surface area contributed by atoms with Crippen LogP contribution in [0.4, 0.5) is 10.6 Å². The SMILES string of the molecule is COc1cc(NC(=O)OC(C)(C)C)nnc1C1COC1. The maximum absolute atomic E-state index is 11.7. The van der Waals surface area contributed by atoms with Crippen LogP contribution in [0.2, 0.25) is 0 Å². The van der Waals surface area contributed by atoms with E-state index in [1.165, 1.54) is 0 Å². The van der Waals surface area contributed by atoms with Gasteiger partial charge in [0.05, 0.1) is 26.2 Å². The third-order valence-corrected chi connectivity index (χ3v) is 2.66. The lowest BCUT2D eigenvalue weighted by Gasteiger charge is -2.26. The Kier molecular flexibility index (Phi) is 4.08. The summed E-state index contributed by atoms with van der Waals surface area (Å²) in [4.78, 5) is 11.7. The van der Waals surface area contributed by atoms with Crippen molar-refractivity contribution in [3.8, 4) is 5.75 Å².